The first-order valence-electron chi connectivity index (χ1n) is 10.4. The lowest BCUT2D eigenvalue weighted by atomic mass is 10.0. The van der Waals surface area contributed by atoms with Crippen LogP contribution in [-0.4, -0.2) is 50.3 Å². The van der Waals surface area contributed by atoms with Gasteiger partial charge in [0.05, 0.1) is 32.0 Å². The Hall–Kier alpha value is -1.70. The van der Waals surface area contributed by atoms with Crippen molar-refractivity contribution < 1.29 is 14.4 Å². The van der Waals surface area contributed by atoms with Gasteiger partial charge in [0.1, 0.15) is 12.3 Å². The van der Waals surface area contributed by atoms with Crippen LogP contribution in [-0.2, 0) is 11.3 Å². The topological polar surface area (TPSA) is 59.3 Å². The molecule has 0 unspecified atom stereocenters. The minimum atomic E-state index is 0.256. The Kier molecular flexibility index (Phi) is 8.06. The van der Waals surface area contributed by atoms with Crippen molar-refractivity contribution >= 4 is 23.0 Å². The van der Waals surface area contributed by atoms with E-state index in [4.69, 9.17) is 21.7 Å². The van der Waals surface area contributed by atoms with Crippen molar-refractivity contribution in [1.29, 1.82) is 0 Å². The fraction of sp³-hybridized carbons (Fsp3) is 0.619. The summed E-state index contributed by atoms with van der Waals surface area (Å²) in [5.74, 6) is 0.955. The second-order valence-corrected chi connectivity index (χ2v) is 8.08. The Morgan fingerprint density at radius 1 is 1.29 bits per heavy atom. The molecule has 0 spiro atoms. The molecular formula is C21H33N4O2S+. The lowest BCUT2D eigenvalue weighted by Crippen LogP contribution is -3.11. The van der Waals surface area contributed by atoms with E-state index < -0.39 is 0 Å². The molecule has 1 aromatic carbocycles. The van der Waals surface area contributed by atoms with E-state index in [1.807, 2.05) is 13.0 Å². The highest BCUT2D eigenvalue weighted by molar-refractivity contribution is 7.80. The molecule has 0 radical (unpaired) electrons. The number of likely N-dealkylation sites (tertiary alicyclic amines) is 1. The summed E-state index contributed by atoms with van der Waals surface area (Å²) in [5.41, 5.74) is 6.18. The first-order chi connectivity index (χ1) is 13.7. The van der Waals surface area contributed by atoms with Crippen LogP contribution in [0.3, 0.4) is 0 Å². The van der Waals surface area contributed by atoms with Crippen molar-refractivity contribution in [2.24, 2.45) is 5.10 Å². The van der Waals surface area contributed by atoms with Gasteiger partial charge in [-0.3, -0.25) is 5.43 Å². The Bertz CT molecular complexity index is 683. The molecule has 0 bridgehead atoms. The number of benzene rings is 1. The summed E-state index contributed by atoms with van der Waals surface area (Å²) in [7, 11) is 1.74. The smallest absolute Gasteiger partial charge is 0.187 e. The van der Waals surface area contributed by atoms with E-state index in [0.29, 0.717) is 5.11 Å². The van der Waals surface area contributed by atoms with Crippen LogP contribution in [0.5, 0.6) is 5.75 Å². The standard InChI is InChI=1S/C21H32N4O2S/c1-16(23-24-21(28)22-14-19-7-6-12-27-19)17-8-9-20(26-2)18(13-17)15-25-10-4-3-5-11-25/h8-9,13,19H,3-7,10-12,14-15H2,1-2H3,(H2,22,24,28)/p+1/b23-16-/t19-/m0/s1. The number of nitrogens with one attached hydrogen (secondary N) is 3. The summed E-state index contributed by atoms with van der Waals surface area (Å²) in [6.07, 6.45) is 6.47. The summed E-state index contributed by atoms with van der Waals surface area (Å²) >= 11 is 5.32. The lowest BCUT2D eigenvalue weighted by Gasteiger charge is -2.24. The first-order valence-corrected chi connectivity index (χ1v) is 10.8. The number of piperidine rings is 1. The van der Waals surface area contributed by atoms with E-state index >= 15 is 0 Å². The van der Waals surface area contributed by atoms with Crippen LogP contribution in [0.2, 0.25) is 0 Å². The van der Waals surface area contributed by atoms with Crippen LogP contribution in [0.1, 0.15) is 50.2 Å². The largest absolute Gasteiger partial charge is 0.496 e. The van der Waals surface area contributed by atoms with Crippen LogP contribution < -0.4 is 20.4 Å². The molecule has 2 aliphatic heterocycles. The van der Waals surface area contributed by atoms with Crippen LogP contribution in [0, 0.1) is 0 Å². The third-order valence-electron chi connectivity index (χ3n) is 5.54. The van der Waals surface area contributed by atoms with Crippen molar-refractivity contribution in [3.05, 3.63) is 29.3 Å². The molecule has 1 aromatic rings. The molecule has 6 nitrogen and oxygen atoms in total. The van der Waals surface area contributed by atoms with Crippen molar-refractivity contribution in [2.45, 2.75) is 51.7 Å². The molecule has 0 saturated carbocycles. The van der Waals surface area contributed by atoms with Gasteiger partial charge in [0.25, 0.3) is 0 Å². The molecule has 2 heterocycles. The maximum atomic E-state index is 5.60. The van der Waals surface area contributed by atoms with Gasteiger partial charge in [0, 0.05) is 18.7 Å². The van der Waals surface area contributed by atoms with E-state index in [1.165, 1.54) is 37.9 Å². The lowest BCUT2D eigenvalue weighted by molar-refractivity contribution is -0.918. The second kappa shape index (κ2) is 10.7. The van der Waals surface area contributed by atoms with E-state index in [9.17, 15) is 0 Å². The molecule has 2 aliphatic rings. The minimum absolute atomic E-state index is 0.256. The van der Waals surface area contributed by atoms with E-state index in [-0.39, 0.29) is 6.10 Å². The van der Waals surface area contributed by atoms with Gasteiger partial charge in [-0.25, -0.2) is 0 Å². The molecule has 2 fully saturated rings. The van der Waals surface area contributed by atoms with Gasteiger partial charge in [-0.2, -0.15) is 5.10 Å². The Labute approximate surface area is 173 Å². The molecule has 2 saturated heterocycles. The van der Waals surface area contributed by atoms with Gasteiger partial charge < -0.3 is 19.7 Å². The molecule has 3 rings (SSSR count). The maximum Gasteiger partial charge on any atom is 0.187 e. The predicted octanol–water partition coefficient (Wildman–Crippen LogP) is 1.63. The van der Waals surface area contributed by atoms with Gasteiger partial charge in [-0.1, -0.05) is 0 Å². The summed E-state index contributed by atoms with van der Waals surface area (Å²) in [5, 5.41) is 8.17. The third-order valence-corrected chi connectivity index (χ3v) is 5.77. The maximum absolute atomic E-state index is 5.60. The molecular weight excluding hydrogens is 372 g/mol. The molecule has 154 valence electrons. The van der Waals surface area contributed by atoms with Crippen molar-refractivity contribution in [2.75, 3.05) is 33.4 Å². The number of hydrogen-bond donors (Lipinski definition) is 3. The first kappa shape index (κ1) is 21.0. The Morgan fingerprint density at radius 2 is 2.11 bits per heavy atom. The molecule has 0 amide bonds. The van der Waals surface area contributed by atoms with Gasteiger partial charge in [0.15, 0.2) is 5.11 Å². The molecule has 1 atom stereocenters. The highest BCUT2D eigenvalue weighted by Gasteiger charge is 2.17. The van der Waals surface area contributed by atoms with Crippen LogP contribution in [0.4, 0.5) is 0 Å². The SMILES string of the molecule is COc1ccc(/C(C)=N\NC(=S)NC[C@@H]2CCCO2)cc1C[NH+]1CCCCC1. The number of ether oxygens (including phenoxy) is 2. The zero-order valence-electron chi connectivity index (χ0n) is 17.1. The van der Waals surface area contributed by atoms with Gasteiger partial charge in [-0.15, -0.1) is 0 Å². The Morgan fingerprint density at radius 3 is 2.82 bits per heavy atom. The molecule has 3 N–H and O–H groups in total. The number of methoxy groups -OCH3 is 1. The number of thiocarbonyl (C=S) groups is 1. The van der Waals surface area contributed by atoms with Crippen molar-refractivity contribution in [3.8, 4) is 5.75 Å². The summed E-state index contributed by atoms with van der Waals surface area (Å²) in [6, 6.07) is 6.29. The number of hydrogen-bond acceptors (Lipinski definition) is 4. The minimum Gasteiger partial charge on any atom is -0.496 e. The molecule has 0 aliphatic carbocycles. The summed E-state index contributed by atoms with van der Waals surface area (Å²) < 4.78 is 11.2. The highest BCUT2D eigenvalue weighted by atomic mass is 32.1. The van der Waals surface area contributed by atoms with Gasteiger partial charge in [0.2, 0.25) is 0 Å². The predicted molar refractivity (Wildman–Crippen MR) is 116 cm³/mol. The molecule has 7 heteroatoms. The number of hydrazone groups is 1. The molecule has 0 aromatic heterocycles. The van der Waals surface area contributed by atoms with Crippen molar-refractivity contribution in [3.63, 3.8) is 0 Å². The van der Waals surface area contributed by atoms with Gasteiger partial charge in [-0.05, 0) is 75.0 Å². The average molecular weight is 406 g/mol. The number of nitrogens with zero attached hydrogens (tertiary/aromatic N) is 1. The van der Waals surface area contributed by atoms with Crippen LogP contribution >= 0.6 is 12.2 Å². The van der Waals surface area contributed by atoms with E-state index in [0.717, 1.165) is 49.6 Å². The summed E-state index contributed by atoms with van der Waals surface area (Å²) in [6.45, 7) is 7.06. The van der Waals surface area contributed by atoms with E-state index in [2.05, 4.69) is 28.0 Å². The Balaban J connectivity index is 1.58. The molecule has 28 heavy (non-hydrogen) atoms. The van der Waals surface area contributed by atoms with Crippen molar-refractivity contribution in [1.82, 2.24) is 10.7 Å². The fourth-order valence-electron chi connectivity index (χ4n) is 3.89. The quantitative estimate of drug-likeness (QED) is 0.366. The number of rotatable bonds is 7. The van der Waals surface area contributed by atoms with Crippen LogP contribution in [0.15, 0.2) is 23.3 Å². The van der Waals surface area contributed by atoms with Crippen LogP contribution in [0.25, 0.3) is 0 Å². The fourth-order valence-corrected chi connectivity index (χ4v) is 4.02. The highest BCUT2D eigenvalue weighted by Crippen LogP contribution is 2.20. The zero-order chi connectivity index (χ0) is 19.8. The number of quaternary nitrogens is 1. The summed E-state index contributed by atoms with van der Waals surface area (Å²) in [4.78, 5) is 1.63. The second-order valence-electron chi connectivity index (χ2n) is 7.67. The van der Waals surface area contributed by atoms with E-state index in [1.54, 1.807) is 12.0 Å². The van der Waals surface area contributed by atoms with Gasteiger partial charge >= 0.3 is 0 Å². The average Bonchev–Trinajstić information content (AvgIpc) is 3.25. The zero-order valence-corrected chi connectivity index (χ0v) is 17.9. The normalized spacial score (nSPS) is 20.8. The third kappa shape index (κ3) is 6.15. The monoisotopic (exact) mass is 405 g/mol.